The number of alkyl halides is 1. The maximum atomic E-state index is 14.0. The van der Waals surface area contributed by atoms with E-state index in [1.165, 1.54) is 11.1 Å². The summed E-state index contributed by atoms with van der Waals surface area (Å²) in [5, 5.41) is 26.3. The number of amides is 3. The third-order valence-electron chi connectivity index (χ3n) is 12.7. The van der Waals surface area contributed by atoms with Gasteiger partial charge in [0.1, 0.15) is 43.7 Å². The summed E-state index contributed by atoms with van der Waals surface area (Å²) in [5.74, 6) is -0.635. The number of nitrogens with one attached hydrogen (secondary N) is 3. The number of aryl methyl sites for hydroxylation is 1. The molecule has 6 rings (SSSR count). The number of β-amino-alcohol motifs (C(OH)–C–C–N with tert-alkyl or cyclic N) is 1. The smallest absolute Gasteiger partial charge is 0.246 e. The first kappa shape index (κ1) is 59.3. The van der Waals surface area contributed by atoms with E-state index >= 15 is 0 Å². The molecule has 0 saturated carbocycles. The number of hydrogen-bond donors (Lipinski definition) is 4. The second-order valence-corrected chi connectivity index (χ2v) is 23.4. The summed E-state index contributed by atoms with van der Waals surface area (Å²) in [4.78, 5) is 55.6. The lowest BCUT2D eigenvalue weighted by molar-refractivity contribution is -0.144. The van der Waals surface area contributed by atoms with Crippen LogP contribution in [0.1, 0.15) is 93.9 Å². The van der Waals surface area contributed by atoms with E-state index < -0.39 is 50.9 Å². The van der Waals surface area contributed by atoms with Crippen LogP contribution in [0.25, 0.3) is 10.4 Å². The monoisotopic (exact) mass is 1120 g/mol. The molecule has 0 radical (unpaired) electrons. The van der Waals surface area contributed by atoms with Gasteiger partial charge in [-0.05, 0) is 84.2 Å². The lowest BCUT2D eigenvalue weighted by Crippen LogP contribution is -2.58. The van der Waals surface area contributed by atoms with E-state index in [0.29, 0.717) is 53.6 Å². The van der Waals surface area contributed by atoms with Crippen molar-refractivity contribution >= 4 is 68.2 Å². The van der Waals surface area contributed by atoms with Crippen molar-refractivity contribution in [3.63, 3.8) is 0 Å². The molecular formula is C54H66Cl2N8O10S2. The fourth-order valence-corrected chi connectivity index (χ4v) is 10.3. The average Bonchev–Trinajstić information content (AvgIpc) is 4.01. The summed E-state index contributed by atoms with van der Waals surface area (Å²) in [7, 11) is -3.84. The zero-order valence-corrected chi connectivity index (χ0v) is 46.7. The van der Waals surface area contributed by atoms with Crippen molar-refractivity contribution in [1.82, 2.24) is 30.5 Å². The number of aliphatic hydroxyl groups is 1. The number of nitriles is 1. The van der Waals surface area contributed by atoms with Crippen LogP contribution >= 0.6 is 34.5 Å². The molecule has 3 heterocycles. The number of aliphatic hydroxyl groups excluding tert-OH is 1. The Morgan fingerprint density at radius 1 is 0.934 bits per heavy atom. The number of carbonyl (C=O) groups excluding carboxylic acids is 3. The molecule has 3 amide bonds. The molecule has 5 aromatic rings. The van der Waals surface area contributed by atoms with Gasteiger partial charge in [-0.2, -0.15) is 5.26 Å². The minimum Gasteiger partial charge on any atom is -0.489 e. The zero-order valence-electron chi connectivity index (χ0n) is 43.6. The van der Waals surface area contributed by atoms with Gasteiger partial charge in [-0.1, -0.05) is 82.6 Å². The van der Waals surface area contributed by atoms with Crippen molar-refractivity contribution in [2.75, 3.05) is 55.9 Å². The number of likely N-dealkylation sites (tertiary alicyclic amines) is 1. The van der Waals surface area contributed by atoms with Gasteiger partial charge in [0.15, 0.2) is 5.75 Å². The molecule has 1 fully saturated rings. The van der Waals surface area contributed by atoms with Crippen LogP contribution in [0.15, 0.2) is 78.4 Å². The third kappa shape index (κ3) is 16.8. The van der Waals surface area contributed by atoms with Crippen LogP contribution in [0.5, 0.6) is 11.5 Å². The fourth-order valence-electron chi connectivity index (χ4n) is 8.34. The third-order valence-corrected chi connectivity index (χ3v) is 15.3. The Bertz CT molecular complexity index is 2910. The van der Waals surface area contributed by atoms with Crippen molar-refractivity contribution in [1.29, 1.82) is 5.26 Å². The van der Waals surface area contributed by atoms with Gasteiger partial charge >= 0.3 is 0 Å². The minimum atomic E-state index is -3.84. The lowest BCUT2D eigenvalue weighted by Gasteiger charge is -2.35. The first-order valence-electron chi connectivity index (χ1n) is 24.9. The quantitative estimate of drug-likeness (QED) is 0.0291. The SMILES string of the molecule is Cc1ncsc1-c1ccc(CNC(=O)[C@@H]2C[C@H](O)CN2C(=O)[C@@H](NC(=O)COCCCCCOCCS(=O)(=O)Nc2nccc(COc3ccc(C(C)(C)c4cc(Cl)c(OCCCl)c(C#N)c4)cc3)n2)C(C)(C)C)cc1. The minimum absolute atomic E-state index is 0.0369. The van der Waals surface area contributed by atoms with Crippen LogP contribution in [0.4, 0.5) is 5.95 Å². The van der Waals surface area contributed by atoms with E-state index in [-0.39, 0.29) is 76.0 Å². The number of hydrogen-bond acceptors (Lipinski definition) is 15. The van der Waals surface area contributed by atoms with E-state index in [4.69, 9.17) is 42.1 Å². The summed E-state index contributed by atoms with van der Waals surface area (Å²) in [5.41, 5.74) is 5.96. The van der Waals surface area contributed by atoms with Crippen molar-refractivity contribution < 1.29 is 46.9 Å². The Morgan fingerprint density at radius 2 is 1.66 bits per heavy atom. The van der Waals surface area contributed by atoms with E-state index in [9.17, 15) is 33.2 Å². The molecule has 18 nitrogen and oxygen atoms in total. The normalized spacial score (nSPS) is 15.2. The van der Waals surface area contributed by atoms with Gasteiger partial charge in [-0.3, -0.25) is 19.1 Å². The van der Waals surface area contributed by atoms with Gasteiger partial charge in [0.05, 0.1) is 56.7 Å². The molecule has 0 aliphatic carbocycles. The largest absolute Gasteiger partial charge is 0.489 e. The average molecular weight is 1120 g/mol. The number of sulfonamides is 1. The summed E-state index contributed by atoms with van der Waals surface area (Å²) >= 11 is 13.8. The molecule has 0 bridgehead atoms. The number of carbonyl (C=O) groups is 3. The van der Waals surface area contributed by atoms with E-state index in [1.54, 1.807) is 35.0 Å². The molecule has 0 spiro atoms. The maximum Gasteiger partial charge on any atom is 0.246 e. The number of nitrogens with zero attached hydrogens (tertiary/aromatic N) is 5. The second-order valence-electron chi connectivity index (χ2n) is 19.9. The van der Waals surface area contributed by atoms with Crippen LogP contribution in [-0.4, -0.2) is 120 Å². The Kier molecular flexibility index (Phi) is 21.4. The highest BCUT2D eigenvalue weighted by Crippen LogP contribution is 2.39. The van der Waals surface area contributed by atoms with E-state index in [1.807, 2.05) is 90.1 Å². The Morgan fingerprint density at radius 3 is 2.33 bits per heavy atom. The number of benzene rings is 3. The molecular weight excluding hydrogens is 1060 g/mol. The maximum absolute atomic E-state index is 14.0. The predicted octanol–water partition coefficient (Wildman–Crippen LogP) is 7.71. The molecule has 76 heavy (non-hydrogen) atoms. The van der Waals surface area contributed by atoms with Crippen LogP contribution in [0.3, 0.4) is 0 Å². The number of ether oxygens (including phenoxy) is 4. The molecule has 0 unspecified atom stereocenters. The van der Waals surface area contributed by atoms with Crippen molar-refractivity contribution in [2.24, 2.45) is 5.41 Å². The van der Waals surface area contributed by atoms with Gasteiger partial charge in [-0.25, -0.2) is 23.4 Å². The fraction of sp³-hybridized carbons (Fsp3) is 0.463. The Hall–Kier alpha value is -5.92. The summed E-state index contributed by atoms with van der Waals surface area (Å²) in [6.45, 7) is 12.2. The molecule has 4 N–H and O–H groups in total. The lowest BCUT2D eigenvalue weighted by atomic mass is 9.77. The Balaban J connectivity index is 0.853. The molecule has 1 aliphatic rings. The molecule has 3 aromatic carbocycles. The van der Waals surface area contributed by atoms with E-state index in [0.717, 1.165) is 32.8 Å². The predicted molar refractivity (Wildman–Crippen MR) is 292 cm³/mol. The standard InChI is InChI=1S/C54H66Cl2N8O10S2/c1-35-48(75-34-60-35)37-12-10-36(11-13-37)30-59-50(67)45-28-42(65)31-64(45)51(68)49(53(2,3)4)62-46(66)33-72-22-9-7-8-21-71-24-25-76(69,70)63-52-58-20-18-41(61-52)32-74-43-16-14-39(15-17-43)54(5,6)40-26-38(29-57)47(44(56)27-40)73-23-19-55/h10-18,20,26-27,34,42,45,49,65H,7-9,19,21-25,28,30-33H2,1-6H3,(H,59,67)(H,62,66)(H,58,61,63)/t42-,45-,49+/m0/s1. The first-order valence-corrected chi connectivity index (χ1v) is 28.3. The van der Waals surface area contributed by atoms with Gasteiger partial charge in [-0.15, -0.1) is 22.9 Å². The van der Waals surface area contributed by atoms with Crippen LogP contribution in [-0.2, 0) is 52.4 Å². The van der Waals surface area contributed by atoms with Crippen LogP contribution in [0, 0.1) is 23.7 Å². The highest BCUT2D eigenvalue weighted by atomic mass is 35.5. The highest BCUT2D eigenvalue weighted by Gasteiger charge is 2.44. The first-order chi connectivity index (χ1) is 36.2. The molecule has 3 atom stereocenters. The van der Waals surface area contributed by atoms with Crippen molar-refractivity contribution in [3.05, 3.63) is 117 Å². The van der Waals surface area contributed by atoms with Crippen LogP contribution < -0.4 is 24.8 Å². The van der Waals surface area contributed by atoms with Crippen molar-refractivity contribution in [2.45, 2.75) is 104 Å². The highest BCUT2D eigenvalue weighted by molar-refractivity contribution is 7.92. The molecule has 408 valence electrons. The van der Waals surface area contributed by atoms with Crippen molar-refractivity contribution in [3.8, 4) is 28.0 Å². The van der Waals surface area contributed by atoms with Gasteiger partial charge in [0, 0.05) is 44.3 Å². The number of rotatable bonds is 27. The van der Waals surface area contributed by atoms with Gasteiger partial charge in [0.2, 0.25) is 33.7 Å². The molecule has 2 aromatic heterocycles. The Labute approximate surface area is 458 Å². The summed E-state index contributed by atoms with van der Waals surface area (Å²) in [6.07, 6.45) is 2.55. The number of unbranched alkanes of at least 4 members (excludes halogenated alkanes) is 2. The number of anilines is 1. The number of halogens is 2. The van der Waals surface area contributed by atoms with Gasteiger partial charge < -0.3 is 39.6 Å². The van der Waals surface area contributed by atoms with Crippen LogP contribution in [0.2, 0.25) is 5.02 Å². The topological polar surface area (TPSA) is 244 Å². The van der Waals surface area contributed by atoms with Gasteiger partial charge in [0.25, 0.3) is 0 Å². The number of thiazole rings is 1. The number of aromatic nitrogens is 3. The summed E-state index contributed by atoms with van der Waals surface area (Å²) < 4.78 is 50.8. The summed E-state index contributed by atoms with van der Waals surface area (Å²) in [6, 6.07) is 20.7. The second kappa shape index (κ2) is 27.4. The van der Waals surface area contributed by atoms with E-state index in [2.05, 4.69) is 36.4 Å². The zero-order chi connectivity index (χ0) is 55.0. The molecule has 22 heteroatoms. The molecule has 1 saturated heterocycles. The molecule has 1 aliphatic heterocycles.